The van der Waals surface area contributed by atoms with Crippen molar-refractivity contribution in [3.05, 3.63) is 27.2 Å². The second-order valence-corrected chi connectivity index (χ2v) is 3.48. The zero-order chi connectivity index (χ0) is 9.14. The monoisotopic (exact) mass is 246 g/mol. The van der Waals surface area contributed by atoms with Crippen molar-refractivity contribution in [3.63, 3.8) is 0 Å². The largest absolute Gasteiger partial charge is 0.398 e. The van der Waals surface area contributed by atoms with Crippen molar-refractivity contribution in [1.29, 1.82) is 0 Å². The Morgan fingerprint density at radius 3 is 2.83 bits per heavy atom. The van der Waals surface area contributed by atoms with Gasteiger partial charge >= 0.3 is 0 Å². The summed E-state index contributed by atoms with van der Waals surface area (Å²) in [5, 5.41) is 0.598. The smallest absolute Gasteiger partial charge is 0.0656 e. The van der Waals surface area contributed by atoms with Crippen LogP contribution < -0.4 is 5.73 Å². The first kappa shape index (κ1) is 9.55. The van der Waals surface area contributed by atoms with Gasteiger partial charge in [0, 0.05) is 29.0 Å². The minimum absolute atomic E-state index is 0.598. The molecule has 12 heavy (non-hydrogen) atoms. The van der Waals surface area contributed by atoms with Crippen LogP contribution in [0.2, 0.25) is 5.02 Å². The van der Waals surface area contributed by atoms with Crippen molar-refractivity contribution in [2.24, 2.45) is 4.99 Å². The maximum absolute atomic E-state index is 5.96. The maximum Gasteiger partial charge on any atom is 0.0656 e. The van der Waals surface area contributed by atoms with Gasteiger partial charge in [0.05, 0.1) is 5.02 Å². The number of hydrogen-bond donors (Lipinski definition) is 1. The third-order valence-corrected chi connectivity index (χ3v) is 2.72. The van der Waals surface area contributed by atoms with Crippen molar-refractivity contribution in [2.45, 2.75) is 0 Å². The highest BCUT2D eigenvalue weighted by atomic mass is 79.9. The number of halogens is 2. The van der Waals surface area contributed by atoms with Gasteiger partial charge in [-0.2, -0.15) is 0 Å². The first-order valence-electron chi connectivity index (χ1n) is 3.32. The van der Waals surface area contributed by atoms with E-state index in [0.717, 1.165) is 10.0 Å². The van der Waals surface area contributed by atoms with E-state index in [1.54, 1.807) is 19.3 Å². The maximum atomic E-state index is 5.96. The molecule has 1 aromatic carbocycles. The van der Waals surface area contributed by atoms with Crippen LogP contribution in [0.1, 0.15) is 5.56 Å². The number of rotatable bonds is 1. The number of nitrogen functional groups attached to an aromatic ring is 1. The number of nitrogens with zero attached hydrogens (tertiary/aromatic N) is 1. The minimum atomic E-state index is 0.598. The van der Waals surface area contributed by atoms with Gasteiger partial charge < -0.3 is 5.73 Å². The summed E-state index contributed by atoms with van der Waals surface area (Å²) in [5.74, 6) is 0. The zero-order valence-electron chi connectivity index (χ0n) is 6.51. The zero-order valence-corrected chi connectivity index (χ0v) is 8.85. The lowest BCUT2D eigenvalue weighted by molar-refractivity contribution is 1.46. The average molecular weight is 248 g/mol. The highest BCUT2D eigenvalue weighted by Crippen LogP contribution is 2.28. The highest BCUT2D eigenvalue weighted by molar-refractivity contribution is 9.10. The fourth-order valence-corrected chi connectivity index (χ4v) is 1.41. The molecule has 0 unspecified atom stereocenters. The molecule has 4 heteroatoms. The van der Waals surface area contributed by atoms with E-state index in [4.69, 9.17) is 17.3 Å². The SMILES string of the molecule is CN=Cc1c(N)ccc(Br)c1Cl. The van der Waals surface area contributed by atoms with Gasteiger partial charge in [-0.05, 0) is 28.1 Å². The Kier molecular flexibility index (Phi) is 3.12. The second-order valence-electron chi connectivity index (χ2n) is 2.25. The van der Waals surface area contributed by atoms with E-state index < -0.39 is 0 Å². The summed E-state index contributed by atoms with van der Waals surface area (Å²) in [4.78, 5) is 3.86. The number of nitrogens with two attached hydrogens (primary N) is 1. The van der Waals surface area contributed by atoms with Crippen molar-refractivity contribution in [1.82, 2.24) is 0 Å². The van der Waals surface area contributed by atoms with Gasteiger partial charge in [-0.3, -0.25) is 4.99 Å². The molecule has 1 aromatic rings. The van der Waals surface area contributed by atoms with Gasteiger partial charge in [0.1, 0.15) is 0 Å². The number of benzene rings is 1. The molecule has 0 atom stereocenters. The molecule has 0 spiro atoms. The number of aliphatic imine (C=N–C) groups is 1. The first-order chi connectivity index (χ1) is 5.66. The third kappa shape index (κ3) is 1.79. The molecule has 0 heterocycles. The second kappa shape index (κ2) is 3.92. The summed E-state index contributed by atoms with van der Waals surface area (Å²) in [7, 11) is 1.68. The predicted molar refractivity (Wildman–Crippen MR) is 57.1 cm³/mol. The van der Waals surface area contributed by atoms with Crippen LogP contribution in [0.25, 0.3) is 0 Å². The van der Waals surface area contributed by atoms with Crippen LogP contribution in [0.5, 0.6) is 0 Å². The molecule has 0 aliphatic heterocycles. The first-order valence-corrected chi connectivity index (χ1v) is 4.49. The van der Waals surface area contributed by atoms with Gasteiger partial charge in [-0.1, -0.05) is 11.6 Å². The van der Waals surface area contributed by atoms with Crippen LogP contribution >= 0.6 is 27.5 Å². The molecule has 2 N–H and O–H groups in total. The molecule has 0 saturated heterocycles. The summed E-state index contributed by atoms with van der Waals surface area (Å²) in [5.41, 5.74) is 7.07. The molecule has 0 aliphatic carbocycles. The van der Waals surface area contributed by atoms with Crippen molar-refractivity contribution < 1.29 is 0 Å². The van der Waals surface area contributed by atoms with Crippen molar-refractivity contribution in [3.8, 4) is 0 Å². The van der Waals surface area contributed by atoms with Crippen LogP contribution in [0.4, 0.5) is 5.69 Å². The Bertz CT molecular complexity index is 323. The molecule has 0 fully saturated rings. The average Bonchev–Trinajstić information content (AvgIpc) is 2.06. The fraction of sp³-hybridized carbons (Fsp3) is 0.125. The van der Waals surface area contributed by atoms with Crippen LogP contribution in [0.3, 0.4) is 0 Å². The molecular formula is C8H8BrClN2. The molecule has 0 amide bonds. The van der Waals surface area contributed by atoms with Crippen molar-refractivity contribution >= 4 is 39.4 Å². The summed E-state index contributed by atoms with van der Waals surface area (Å²) < 4.78 is 0.827. The molecule has 1 rings (SSSR count). The summed E-state index contributed by atoms with van der Waals surface area (Å²) in [6.07, 6.45) is 1.64. The minimum Gasteiger partial charge on any atom is -0.398 e. The standard InChI is InChI=1S/C8H8BrClN2/c1-12-4-5-7(11)3-2-6(9)8(5)10/h2-4H,11H2,1H3. The lowest BCUT2D eigenvalue weighted by atomic mass is 10.2. The Morgan fingerprint density at radius 2 is 2.25 bits per heavy atom. The Hall–Kier alpha value is -0.540. The molecule has 0 radical (unpaired) electrons. The summed E-state index contributed by atoms with van der Waals surface area (Å²) >= 11 is 9.26. The number of anilines is 1. The Balaban J connectivity index is 3.32. The van der Waals surface area contributed by atoms with E-state index >= 15 is 0 Å². The van der Waals surface area contributed by atoms with E-state index in [1.165, 1.54) is 0 Å². The van der Waals surface area contributed by atoms with Gasteiger partial charge in [0.15, 0.2) is 0 Å². The quantitative estimate of drug-likeness (QED) is 0.601. The highest BCUT2D eigenvalue weighted by Gasteiger charge is 2.05. The summed E-state index contributed by atoms with van der Waals surface area (Å²) in [6, 6.07) is 3.59. The van der Waals surface area contributed by atoms with E-state index in [2.05, 4.69) is 20.9 Å². The van der Waals surface area contributed by atoms with E-state index in [9.17, 15) is 0 Å². The van der Waals surface area contributed by atoms with Gasteiger partial charge in [0.2, 0.25) is 0 Å². The normalized spacial score (nSPS) is 10.9. The van der Waals surface area contributed by atoms with Crippen molar-refractivity contribution in [2.75, 3.05) is 12.8 Å². The molecule has 64 valence electrons. The Labute approximate surface area is 84.6 Å². The van der Waals surface area contributed by atoms with E-state index in [-0.39, 0.29) is 0 Å². The van der Waals surface area contributed by atoms with Crippen LogP contribution in [0.15, 0.2) is 21.6 Å². The lowest BCUT2D eigenvalue weighted by Gasteiger charge is -2.03. The molecule has 0 aliphatic rings. The van der Waals surface area contributed by atoms with Crippen LogP contribution in [-0.2, 0) is 0 Å². The fourth-order valence-electron chi connectivity index (χ4n) is 0.842. The molecule has 2 nitrogen and oxygen atoms in total. The molecule has 0 saturated carbocycles. The molecular weight excluding hydrogens is 239 g/mol. The predicted octanol–water partition coefficient (Wildman–Crippen LogP) is 2.73. The van der Waals surface area contributed by atoms with Crippen LogP contribution in [-0.4, -0.2) is 13.3 Å². The topological polar surface area (TPSA) is 38.4 Å². The molecule has 0 aromatic heterocycles. The van der Waals surface area contributed by atoms with Gasteiger partial charge in [0.25, 0.3) is 0 Å². The van der Waals surface area contributed by atoms with Crippen LogP contribution in [0, 0.1) is 0 Å². The Morgan fingerprint density at radius 1 is 1.58 bits per heavy atom. The summed E-state index contributed by atoms with van der Waals surface area (Å²) in [6.45, 7) is 0. The molecule has 0 bridgehead atoms. The van der Waals surface area contributed by atoms with Gasteiger partial charge in [-0.25, -0.2) is 0 Å². The third-order valence-electron chi connectivity index (χ3n) is 1.42. The lowest BCUT2D eigenvalue weighted by Crippen LogP contribution is -1.94. The van der Waals surface area contributed by atoms with E-state index in [0.29, 0.717) is 10.7 Å². The van der Waals surface area contributed by atoms with Gasteiger partial charge in [-0.15, -0.1) is 0 Å². The van der Waals surface area contributed by atoms with E-state index in [1.807, 2.05) is 6.07 Å². The number of hydrogen-bond acceptors (Lipinski definition) is 2.